The number of carbonyl (C=O) groups is 1. The number of phenols is 1. The summed E-state index contributed by atoms with van der Waals surface area (Å²) in [7, 11) is 4.08. The number of aromatic hydroxyl groups is 1. The van der Waals surface area contributed by atoms with Gasteiger partial charge in [0.05, 0.1) is 10.5 Å². The molecule has 1 aliphatic carbocycles. The zero-order chi connectivity index (χ0) is 19.1. The quantitative estimate of drug-likeness (QED) is 0.587. The van der Waals surface area contributed by atoms with Crippen molar-refractivity contribution >= 4 is 46.6 Å². The summed E-state index contributed by atoms with van der Waals surface area (Å²) in [5.74, 6) is 0.686. The largest absolute Gasteiger partial charge is 0.508 e. The molecule has 1 saturated carbocycles. The van der Waals surface area contributed by atoms with Gasteiger partial charge in [0, 0.05) is 22.9 Å². The molecular weight excluding hydrogens is 399 g/mol. The molecule has 1 aliphatic rings. The summed E-state index contributed by atoms with van der Waals surface area (Å²) in [4.78, 5) is 14.7. The molecular formula is C20H22Cl2N4O2. The van der Waals surface area contributed by atoms with Crippen molar-refractivity contribution in [3.63, 3.8) is 0 Å². The third-order valence-corrected chi connectivity index (χ3v) is 5.60. The fourth-order valence-corrected chi connectivity index (χ4v) is 3.74. The van der Waals surface area contributed by atoms with Crippen LogP contribution in [0.3, 0.4) is 0 Å². The van der Waals surface area contributed by atoms with Crippen LogP contribution in [0.4, 0.5) is 5.82 Å². The van der Waals surface area contributed by atoms with E-state index in [4.69, 9.17) is 11.6 Å². The standard InChI is InChI=1S/C20H21ClN4O2.ClH/c1-25(2)13-7-12(8-13)20(27)22-19-16-9-11(3-6-18(16)23-24-19)15-5-4-14(26)10-17(15)21;/h3-6,9-10,12-13,26H,7-8H2,1-2H3,(H2,22,23,24,27);1H. The van der Waals surface area contributed by atoms with Gasteiger partial charge in [0.15, 0.2) is 5.82 Å². The van der Waals surface area contributed by atoms with E-state index in [-0.39, 0.29) is 30.0 Å². The monoisotopic (exact) mass is 420 g/mol. The first-order chi connectivity index (χ1) is 12.9. The van der Waals surface area contributed by atoms with Gasteiger partial charge in [0.2, 0.25) is 5.91 Å². The van der Waals surface area contributed by atoms with Crippen LogP contribution in [0.5, 0.6) is 5.75 Å². The first kappa shape index (κ1) is 20.5. The Morgan fingerprint density at radius 1 is 1.25 bits per heavy atom. The number of aromatic amines is 1. The van der Waals surface area contributed by atoms with Gasteiger partial charge in [0.1, 0.15) is 5.75 Å². The minimum Gasteiger partial charge on any atom is -0.508 e. The van der Waals surface area contributed by atoms with Crippen molar-refractivity contribution in [2.75, 3.05) is 19.4 Å². The maximum atomic E-state index is 12.5. The fourth-order valence-electron chi connectivity index (χ4n) is 3.46. The molecule has 6 nitrogen and oxygen atoms in total. The Balaban J connectivity index is 0.00000225. The Hall–Kier alpha value is -2.28. The highest BCUT2D eigenvalue weighted by Crippen LogP contribution is 2.35. The van der Waals surface area contributed by atoms with Crippen LogP contribution in [0.25, 0.3) is 22.0 Å². The van der Waals surface area contributed by atoms with Gasteiger partial charge in [-0.3, -0.25) is 9.89 Å². The van der Waals surface area contributed by atoms with Gasteiger partial charge in [-0.15, -0.1) is 12.4 Å². The van der Waals surface area contributed by atoms with E-state index in [1.807, 2.05) is 32.3 Å². The fraction of sp³-hybridized carbons (Fsp3) is 0.300. The van der Waals surface area contributed by atoms with E-state index in [0.717, 1.165) is 34.9 Å². The smallest absolute Gasteiger partial charge is 0.228 e. The minimum atomic E-state index is 0. The lowest BCUT2D eigenvalue weighted by molar-refractivity contribution is -0.124. The number of benzene rings is 2. The Kier molecular flexibility index (Phi) is 5.84. The van der Waals surface area contributed by atoms with Crippen LogP contribution in [0.2, 0.25) is 5.02 Å². The second kappa shape index (κ2) is 7.99. The molecule has 0 aliphatic heterocycles. The second-order valence-electron chi connectivity index (χ2n) is 7.27. The molecule has 3 N–H and O–H groups in total. The number of hydrogen-bond acceptors (Lipinski definition) is 4. The lowest BCUT2D eigenvalue weighted by Gasteiger charge is -2.38. The molecule has 0 radical (unpaired) electrons. The van der Waals surface area contributed by atoms with E-state index in [1.165, 1.54) is 6.07 Å². The van der Waals surface area contributed by atoms with E-state index in [2.05, 4.69) is 20.4 Å². The molecule has 1 fully saturated rings. The molecule has 28 heavy (non-hydrogen) atoms. The number of halogens is 2. The summed E-state index contributed by atoms with van der Waals surface area (Å²) < 4.78 is 0. The summed E-state index contributed by atoms with van der Waals surface area (Å²) in [6.07, 6.45) is 1.74. The lowest BCUT2D eigenvalue weighted by Crippen LogP contribution is -2.45. The Bertz CT molecular complexity index is 1010. The molecule has 148 valence electrons. The number of anilines is 1. The molecule has 0 bridgehead atoms. The number of H-pyrrole nitrogens is 1. The van der Waals surface area contributed by atoms with Gasteiger partial charge in [-0.2, -0.15) is 5.10 Å². The van der Waals surface area contributed by atoms with Crippen LogP contribution in [-0.2, 0) is 4.79 Å². The molecule has 0 unspecified atom stereocenters. The number of nitrogens with one attached hydrogen (secondary N) is 2. The SMILES string of the molecule is CN(C)C1CC(C(=O)Nc2n[nH]c3ccc(-c4ccc(O)cc4Cl)cc23)C1.Cl. The summed E-state index contributed by atoms with van der Waals surface area (Å²) in [5.41, 5.74) is 2.53. The summed E-state index contributed by atoms with van der Waals surface area (Å²) >= 11 is 6.26. The maximum absolute atomic E-state index is 12.5. The van der Waals surface area contributed by atoms with Gasteiger partial charge >= 0.3 is 0 Å². The van der Waals surface area contributed by atoms with Gasteiger partial charge < -0.3 is 15.3 Å². The summed E-state index contributed by atoms with van der Waals surface area (Å²) in [6, 6.07) is 11.1. The van der Waals surface area contributed by atoms with E-state index in [1.54, 1.807) is 12.1 Å². The van der Waals surface area contributed by atoms with Crippen LogP contribution >= 0.6 is 24.0 Å². The number of aromatic nitrogens is 2. The van der Waals surface area contributed by atoms with E-state index in [9.17, 15) is 9.90 Å². The molecule has 2 aromatic carbocycles. The third-order valence-electron chi connectivity index (χ3n) is 5.28. The average Bonchev–Trinajstić information content (AvgIpc) is 2.95. The number of rotatable bonds is 4. The van der Waals surface area contributed by atoms with Crippen LogP contribution in [0.1, 0.15) is 12.8 Å². The predicted octanol–water partition coefficient (Wildman–Crippen LogP) is 4.29. The minimum absolute atomic E-state index is 0. The topological polar surface area (TPSA) is 81.2 Å². The van der Waals surface area contributed by atoms with Crippen molar-refractivity contribution in [2.24, 2.45) is 5.92 Å². The van der Waals surface area contributed by atoms with Crippen LogP contribution in [0, 0.1) is 5.92 Å². The van der Waals surface area contributed by atoms with Gasteiger partial charge in [-0.05, 0) is 62.8 Å². The highest BCUT2D eigenvalue weighted by molar-refractivity contribution is 6.33. The number of nitrogens with zero attached hydrogens (tertiary/aromatic N) is 2. The van der Waals surface area contributed by atoms with Crippen molar-refractivity contribution in [3.05, 3.63) is 41.4 Å². The summed E-state index contributed by atoms with van der Waals surface area (Å²) in [5, 5.41) is 21.0. The average molecular weight is 421 g/mol. The van der Waals surface area contributed by atoms with Crippen molar-refractivity contribution in [1.82, 2.24) is 15.1 Å². The first-order valence-electron chi connectivity index (χ1n) is 8.86. The Morgan fingerprint density at radius 2 is 2.00 bits per heavy atom. The van der Waals surface area contributed by atoms with E-state index >= 15 is 0 Å². The first-order valence-corrected chi connectivity index (χ1v) is 9.24. The third kappa shape index (κ3) is 3.81. The maximum Gasteiger partial charge on any atom is 0.228 e. The molecule has 0 atom stereocenters. The van der Waals surface area contributed by atoms with Gasteiger partial charge in [-0.25, -0.2) is 0 Å². The highest BCUT2D eigenvalue weighted by Gasteiger charge is 2.35. The van der Waals surface area contributed by atoms with Crippen molar-refractivity contribution in [1.29, 1.82) is 0 Å². The van der Waals surface area contributed by atoms with Crippen LogP contribution in [-0.4, -0.2) is 46.2 Å². The number of fused-ring (bicyclic) bond motifs is 1. The molecule has 3 aromatic rings. The number of carbonyl (C=O) groups excluding carboxylic acids is 1. The Labute approximate surface area is 174 Å². The van der Waals surface area contributed by atoms with E-state index in [0.29, 0.717) is 16.9 Å². The van der Waals surface area contributed by atoms with Gasteiger partial charge in [0.25, 0.3) is 0 Å². The molecule has 8 heteroatoms. The Morgan fingerprint density at radius 3 is 2.68 bits per heavy atom. The zero-order valence-corrected chi connectivity index (χ0v) is 17.1. The van der Waals surface area contributed by atoms with Crippen molar-refractivity contribution in [2.45, 2.75) is 18.9 Å². The molecule has 4 rings (SSSR count). The van der Waals surface area contributed by atoms with Gasteiger partial charge in [-0.1, -0.05) is 17.7 Å². The zero-order valence-electron chi connectivity index (χ0n) is 15.6. The van der Waals surface area contributed by atoms with Crippen LogP contribution < -0.4 is 5.32 Å². The molecule has 1 aromatic heterocycles. The highest BCUT2D eigenvalue weighted by atomic mass is 35.5. The van der Waals surface area contributed by atoms with Crippen LogP contribution in [0.15, 0.2) is 36.4 Å². The molecule has 1 amide bonds. The number of amides is 1. The summed E-state index contributed by atoms with van der Waals surface area (Å²) in [6.45, 7) is 0. The second-order valence-corrected chi connectivity index (χ2v) is 7.68. The molecule has 0 spiro atoms. The molecule has 0 saturated heterocycles. The number of hydrogen-bond donors (Lipinski definition) is 3. The van der Waals surface area contributed by atoms with Crippen molar-refractivity contribution in [3.8, 4) is 16.9 Å². The van der Waals surface area contributed by atoms with E-state index < -0.39 is 0 Å². The van der Waals surface area contributed by atoms with Crippen molar-refractivity contribution < 1.29 is 9.90 Å². The normalized spacial score (nSPS) is 18.6. The lowest BCUT2D eigenvalue weighted by atomic mass is 9.79. The number of phenolic OH excluding ortho intramolecular Hbond substituents is 1. The predicted molar refractivity (Wildman–Crippen MR) is 114 cm³/mol. The molecule has 1 heterocycles.